The van der Waals surface area contributed by atoms with Gasteiger partial charge in [0.1, 0.15) is 0 Å². The zero-order valence-electron chi connectivity index (χ0n) is 8.96. The molecule has 0 saturated heterocycles. The molecule has 0 aliphatic carbocycles. The molecule has 0 N–H and O–H groups in total. The second-order valence-electron chi connectivity index (χ2n) is 3.21. The number of amides is 4. The van der Waals surface area contributed by atoms with Crippen LogP contribution in [0, 0.1) is 0 Å². The van der Waals surface area contributed by atoms with Crippen LogP contribution < -0.4 is 4.90 Å². The Kier molecular flexibility index (Phi) is 3.13. The van der Waals surface area contributed by atoms with Gasteiger partial charge in [0.05, 0.1) is 5.69 Å². The van der Waals surface area contributed by atoms with Gasteiger partial charge in [-0.3, -0.25) is 0 Å². The minimum absolute atomic E-state index is 0.385. The molecule has 0 spiro atoms. The van der Waals surface area contributed by atoms with E-state index in [-0.39, 0.29) is 0 Å². The van der Waals surface area contributed by atoms with Gasteiger partial charge >= 0.3 is 12.1 Å². The van der Waals surface area contributed by atoms with E-state index in [1.54, 1.807) is 30.3 Å². The monoisotopic (exact) mass is 242 g/mol. The number of hydrogen-bond donors (Lipinski definition) is 0. The Morgan fingerprint density at radius 3 is 2.33 bits per heavy atom. The van der Waals surface area contributed by atoms with Gasteiger partial charge in [-0.1, -0.05) is 33.6 Å². The summed E-state index contributed by atoms with van der Waals surface area (Å²) in [4.78, 5) is 25.9. The number of carbonyl (C=O) groups excluding carboxylic acids is 2. The van der Waals surface area contributed by atoms with Crippen molar-refractivity contribution < 1.29 is 9.59 Å². The average molecular weight is 242 g/mol. The average Bonchev–Trinajstić information content (AvgIpc) is 2.71. The Labute approximate surface area is 101 Å². The Bertz CT molecular complexity index is 579. The third-order valence-corrected chi connectivity index (χ3v) is 2.14. The van der Waals surface area contributed by atoms with Crippen molar-refractivity contribution >= 4 is 23.8 Å². The highest BCUT2D eigenvalue weighted by Gasteiger charge is 2.28. The predicted octanol–water partition coefficient (Wildman–Crippen LogP) is 3.48. The number of hydrogen-bond acceptors (Lipinski definition) is 3. The fourth-order valence-electron chi connectivity index (χ4n) is 1.36. The summed E-state index contributed by atoms with van der Waals surface area (Å²) in [6, 6.07) is 5.05. The van der Waals surface area contributed by atoms with Crippen molar-refractivity contribution in [1.82, 2.24) is 0 Å². The van der Waals surface area contributed by atoms with Crippen molar-refractivity contribution in [2.24, 2.45) is 15.3 Å². The predicted molar refractivity (Wildman–Crippen MR) is 62.7 cm³/mol. The number of urea groups is 2. The molecule has 0 radical (unpaired) electrons. The van der Waals surface area contributed by atoms with E-state index in [4.69, 9.17) is 5.53 Å². The lowest BCUT2D eigenvalue weighted by atomic mass is 10.2. The fourth-order valence-corrected chi connectivity index (χ4v) is 1.36. The lowest BCUT2D eigenvalue weighted by Gasteiger charge is -2.10. The van der Waals surface area contributed by atoms with Gasteiger partial charge in [0.25, 0.3) is 0 Å². The number of rotatable bonds is 3. The highest BCUT2D eigenvalue weighted by Crippen LogP contribution is 2.21. The third-order valence-electron chi connectivity index (χ3n) is 2.14. The summed E-state index contributed by atoms with van der Waals surface area (Å²) in [6.45, 7) is 0. The molecule has 2 rings (SSSR count). The summed E-state index contributed by atoms with van der Waals surface area (Å²) in [5.41, 5.74) is 9.24. The second-order valence-corrected chi connectivity index (χ2v) is 3.21. The van der Waals surface area contributed by atoms with Crippen molar-refractivity contribution in [3.05, 3.63) is 46.5 Å². The molecule has 0 atom stereocenters. The smallest absolute Gasteiger partial charge is 0.243 e. The van der Waals surface area contributed by atoms with Gasteiger partial charge in [0.15, 0.2) is 0 Å². The van der Waals surface area contributed by atoms with E-state index in [2.05, 4.69) is 20.3 Å². The molecule has 1 aromatic rings. The molecule has 0 bridgehead atoms. The van der Waals surface area contributed by atoms with Crippen molar-refractivity contribution in [2.45, 2.75) is 0 Å². The van der Waals surface area contributed by atoms with E-state index in [1.165, 1.54) is 6.20 Å². The van der Waals surface area contributed by atoms with Gasteiger partial charge < -0.3 is 0 Å². The summed E-state index contributed by atoms with van der Waals surface area (Å²) in [7, 11) is 0. The minimum atomic E-state index is -0.711. The van der Waals surface area contributed by atoms with Crippen LogP contribution in [0.25, 0.3) is 16.5 Å². The molecule has 0 unspecified atom stereocenters. The number of benzene rings is 1. The Morgan fingerprint density at radius 2 is 1.78 bits per heavy atom. The maximum Gasteiger partial charge on any atom is 0.375 e. The Balaban J connectivity index is 2.20. The van der Waals surface area contributed by atoms with Crippen LogP contribution in [0.2, 0.25) is 0 Å². The van der Waals surface area contributed by atoms with Crippen LogP contribution in [0.15, 0.2) is 45.8 Å². The lowest BCUT2D eigenvalue weighted by molar-refractivity contribution is 0.249. The molecule has 0 fully saturated rings. The largest absolute Gasteiger partial charge is 0.375 e. The molecule has 8 nitrogen and oxygen atoms in total. The van der Waals surface area contributed by atoms with Crippen LogP contribution >= 0.6 is 0 Å². The van der Waals surface area contributed by atoms with E-state index < -0.39 is 12.1 Å². The van der Waals surface area contributed by atoms with E-state index in [9.17, 15) is 9.59 Å². The fraction of sp³-hybridized carbons (Fsp3) is 0. The molecular weight excluding hydrogens is 236 g/mol. The lowest BCUT2D eigenvalue weighted by Crippen LogP contribution is -2.27. The molecule has 8 heteroatoms. The molecule has 1 heterocycles. The summed E-state index contributed by atoms with van der Waals surface area (Å²) >= 11 is 0. The van der Waals surface area contributed by atoms with Gasteiger partial charge in [-0.15, -0.1) is 0 Å². The molecule has 4 amide bonds. The number of imide groups is 1. The normalized spacial score (nSPS) is 14.3. The SMILES string of the molecule is [N-]=[N+]=NC=Cc1ccc(N2C(=O)N=NC2=O)cc1. The molecule has 1 aliphatic rings. The molecule has 1 aliphatic heterocycles. The number of carbonyl (C=O) groups is 2. The first kappa shape index (κ1) is 11.5. The summed E-state index contributed by atoms with van der Waals surface area (Å²) < 4.78 is 0. The van der Waals surface area contributed by atoms with Gasteiger partial charge in [0.2, 0.25) is 0 Å². The number of azide groups is 1. The van der Waals surface area contributed by atoms with Gasteiger partial charge in [0, 0.05) is 11.1 Å². The summed E-state index contributed by atoms with van der Waals surface area (Å²) in [5, 5.41) is 9.55. The maximum atomic E-state index is 11.3. The molecule has 88 valence electrons. The first-order valence-electron chi connectivity index (χ1n) is 4.83. The number of nitrogens with zero attached hydrogens (tertiary/aromatic N) is 6. The standard InChI is InChI=1S/C10H6N6O2/c11-15-12-6-5-7-1-3-8(4-2-7)16-9(17)13-14-10(16)18/h1-6H. The number of anilines is 1. The second kappa shape index (κ2) is 4.89. The molecule has 1 aromatic carbocycles. The van der Waals surface area contributed by atoms with E-state index in [1.807, 2.05) is 0 Å². The van der Waals surface area contributed by atoms with Gasteiger partial charge in [-0.2, -0.15) is 0 Å². The highest BCUT2D eigenvalue weighted by molar-refractivity contribution is 6.17. The van der Waals surface area contributed by atoms with Crippen molar-refractivity contribution in [3.8, 4) is 0 Å². The maximum absolute atomic E-state index is 11.3. The topological polar surface area (TPSA) is 111 Å². The first-order chi connectivity index (χ1) is 8.72. The minimum Gasteiger partial charge on any atom is -0.243 e. The van der Waals surface area contributed by atoms with Crippen molar-refractivity contribution in [1.29, 1.82) is 0 Å². The van der Waals surface area contributed by atoms with Crippen molar-refractivity contribution in [3.63, 3.8) is 0 Å². The highest BCUT2D eigenvalue weighted by atomic mass is 16.2. The van der Waals surface area contributed by atoms with Crippen LogP contribution in [0.3, 0.4) is 0 Å². The summed E-state index contributed by atoms with van der Waals surface area (Å²) in [6.07, 6.45) is 2.89. The molecule has 0 saturated carbocycles. The Hall–Kier alpha value is -2.99. The van der Waals surface area contributed by atoms with Crippen LogP contribution in [-0.4, -0.2) is 12.1 Å². The third kappa shape index (κ3) is 2.23. The zero-order chi connectivity index (χ0) is 13.0. The molecule has 0 aromatic heterocycles. The zero-order valence-corrected chi connectivity index (χ0v) is 8.96. The molecule has 18 heavy (non-hydrogen) atoms. The van der Waals surface area contributed by atoms with Crippen LogP contribution in [0.1, 0.15) is 5.56 Å². The summed E-state index contributed by atoms with van der Waals surface area (Å²) in [5.74, 6) is 0. The van der Waals surface area contributed by atoms with Crippen LogP contribution in [-0.2, 0) is 0 Å². The van der Waals surface area contributed by atoms with Crippen LogP contribution in [0.4, 0.5) is 15.3 Å². The number of azo groups is 1. The van der Waals surface area contributed by atoms with E-state index in [0.29, 0.717) is 5.69 Å². The first-order valence-corrected chi connectivity index (χ1v) is 4.83. The van der Waals surface area contributed by atoms with Crippen LogP contribution in [0.5, 0.6) is 0 Å². The Morgan fingerprint density at radius 1 is 1.17 bits per heavy atom. The molecular formula is C10H6N6O2. The van der Waals surface area contributed by atoms with E-state index >= 15 is 0 Å². The van der Waals surface area contributed by atoms with Gasteiger partial charge in [-0.25, -0.2) is 14.5 Å². The quantitative estimate of drug-likeness (QED) is 0.459. The van der Waals surface area contributed by atoms with Gasteiger partial charge in [-0.05, 0) is 23.2 Å². The van der Waals surface area contributed by atoms with E-state index in [0.717, 1.165) is 10.5 Å². The van der Waals surface area contributed by atoms with Crippen molar-refractivity contribution in [2.75, 3.05) is 4.90 Å².